The lowest BCUT2D eigenvalue weighted by Gasteiger charge is -2.41. The normalized spacial score (nSPS) is 27.2. The maximum absolute atomic E-state index is 3.77. The molecule has 0 saturated carbocycles. The predicted molar refractivity (Wildman–Crippen MR) is 67.4 cm³/mol. The van der Waals surface area contributed by atoms with E-state index in [4.69, 9.17) is 0 Å². The third-order valence-corrected chi connectivity index (χ3v) is 4.78. The molecule has 0 spiro atoms. The van der Waals surface area contributed by atoms with Gasteiger partial charge in [-0.05, 0) is 50.8 Å². The van der Waals surface area contributed by atoms with E-state index in [0.29, 0.717) is 5.92 Å². The second-order valence-electron chi connectivity index (χ2n) is 4.92. The summed E-state index contributed by atoms with van der Waals surface area (Å²) in [7, 11) is 0. The fourth-order valence-electron chi connectivity index (χ4n) is 2.59. The fourth-order valence-corrected chi connectivity index (χ4v) is 3.80. The van der Waals surface area contributed by atoms with Gasteiger partial charge in [-0.15, -0.1) is 11.3 Å². The van der Waals surface area contributed by atoms with Crippen LogP contribution in [-0.2, 0) is 5.54 Å². The lowest BCUT2D eigenvalue weighted by atomic mass is 9.78. The molecule has 1 unspecified atom stereocenters. The van der Waals surface area contributed by atoms with Gasteiger partial charge in [0.1, 0.15) is 0 Å². The van der Waals surface area contributed by atoms with Gasteiger partial charge in [0.2, 0.25) is 0 Å². The van der Waals surface area contributed by atoms with E-state index in [1.54, 1.807) is 0 Å². The summed E-state index contributed by atoms with van der Waals surface area (Å²) < 4.78 is 0. The smallest absolute Gasteiger partial charge is 0.0552 e. The van der Waals surface area contributed by atoms with Gasteiger partial charge in [0.05, 0.1) is 5.54 Å². The first-order chi connectivity index (χ1) is 7.15. The molecule has 1 fully saturated rings. The van der Waals surface area contributed by atoms with Crippen molar-refractivity contribution in [1.82, 2.24) is 5.32 Å². The van der Waals surface area contributed by atoms with Gasteiger partial charge in [-0.25, -0.2) is 0 Å². The highest BCUT2D eigenvalue weighted by atomic mass is 32.1. The molecule has 0 aliphatic carbocycles. The van der Waals surface area contributed by atoms with Crippen molar-refractivity contribution in [1.29, 1.82) is 0 Å². The summed E-state index contributed by atoms with van der Waals surface area (Å²) in [5.74, 6) is 0.677. The van der Waals surface area contributed by atoms with Crippen LogP contribution >= 0.6 is 11.3 Å². The van der Waals surface area contributed by atoms with E-state index in [-0.39, 0.29) is 5.54 Å². The SMILES string of the molecule is Cc1ccc(C2(C(C)C)CCCCN2)s1. The van der Waals surface area contributed by atoms with E-state index < -0.39 is 0 Å². The minimum Gasteiger partial charge on any atom is -0.307 e. The van der Waals surface area contributed by atoms with E-state index in [9.17, 15) is 0 Å². The second kappa shape index (κ2) is 4.26. The maximum Gasteiger partial charge on any atom is 0.0552 e. The van der Waals surface area contributed by atoms with Crippen LogP contribution in [0.15, 0.2) is 12.1 Å². The molecule has 2 heterocycles. The van der Waals surface area contributed by atoms with Gasteiger partial charge in [0, 0.05) is 9.75 Å². The molecule has 1 aliphatic heterocycles. The Balaban J connectivity index is 2.33. The van der Waals surface area contributed by atoms with Crippen molar-refractivity contribution in [2.24, 2.45) is 5.92 Å². The lowest BCUT2D eigenvalue weighted by molar-refractivity contribution is 0.189. The third-order valence-electron chi connectivity index (χ3n) is 3.60. The molecule has 1 N–H and O–H groups in total. The molecule has 2 heteroatoms. The van der Waals surface area contributed by atoms with Gasteiger partial charge in [-0.1, -0.05) is 13.8 Å². The van der Waals surface area contributed by atoms with Crippen molar-refractivity contribution in [2.75, 3.05) is 6.54 Å². The molecular weight excluding hydrogens is 202 g/mol. The van der Waals surface area contributed by atoms with Crippen LogP contribution in [0.3, 0.4) is 0 Å². The molecule has 1 atom stereocenters. The molecule has 0 radical (unpaired) electrons. The summed E-state index contributed by atoms with van der Waals surface area (Å²) >= 11 is 1.96. The number of thiophene rings is 1. The monoisotopic (exact) mass is 223 g/mol. The average molecular weight is 223 g/mol. The summed E-state index contributed by atoms with van der Waals surface area (Å²) in [6, 6.07) is 4.57. The molecule has 0 aromatic carbocycles. The number of hydrogen-bond donors (Lipinski definition) is 1. The first kappa shape index (κ1) is 11.2. The number of rotatable bonds is 2. The fraction of sp³-hybridized carbons (Fsp3) is 0.692. The van der Waals surface area contributed by atoms with E-state index >= 15 is 0 Å². The topological polar surface area (TPSA) is 12.0 Å². The average Bonchev–Trinajstić information content (AvgIpc) is 2.66. The zero-order valence-electron chi connectivity index (χ0n) is 9.97. The number of hydrogen-bond acceptors (Lipinski definition) is 2. The Morgan fingerprint density at radius 2 is 2.13 bits per heavy atom. The Labute approximate surface area is 96.9 Å². The molecule has 1 nitrogen and oxygen atoms in total. The van der Waals surface area contributed by atoms with Crippen LogP contribution in [0.1, 0.15) is 42.9 Å². The predicted octanol–water partition coefficient (Wildman–Crippen LogP) is 3.68. The molecule has 0 amide bonds. The number of nitrogens with one attached hydrogen (secondary N) is 1. The van der Waals surface area contributed by atoms with Gasteiger partial charge >= 0.3 is 0 Å². The molecule has 1 aromatic rings. The largest absolute Gasteiger partial charge is 0.307 e. The first-order valence-electron chi connectivity index (χ1n) is 5.97. The van der Waals surface area contributed by atoms with Crippen LogP contribution in [0, 0.1) is 12.8 Å². The van der Waals surface area contributed by atoms with Crippen molar-refractivity contribution in [3.63, 3.8) is 0 Å². The molecule has 2 rings (SSSR count). The molecule has 0 bridgehead atoms. The van der Waals surface area contributed by atoms with Gasteiger partial charge in [-0.2, -0.15) is 0 Å². The standard InChI is InChI=1S/C13H21NS/c1-10(2)13(8-4-5-9-14-13)12-7-6-11(3)15-12/h6-7,10,14H,4-5,8-9H2,1-3H3. The van der Waals surface area contributed by atoms with Crippen molar-refractivity contribution in [3.05, 3.63) is 21.9 Å². The second-order valence-corrected chi connectivity index (χ2v) is 6.21. The van der Waals surface area contributed by atoms with Crippen molar-refractivity contribution in [2.45, 2.75) is 45.6 Å². The Kier molecular flexibility index (Phi) is 3.17. The Bertz CT molecular complexity index is 321. The van der Waals surface area contributed by atoms with Crippen LogP contribution in [0.4, 0.5) is 0 Å². The summed E-state index contributed by atoms with van der Waals surface area (Å²) in [6.07, 6.45) is 3.99. The number of piperidine rings is 1. The highest BCUT2D eigenvalue weighted by molar-refractivity contribution is 7.12. The van der Waals surface area contributed by atoms with E-state index in [1.165, 1.54) is 35.6 Å². The van der Waals surface area contributed by atoms with Gasteiger partial charge < -0.3 is 5.32 Å². The lowest BCUT2D eigenvalue weighted by Crippen LogP contribution is -2.49. The summed E-state index contributed by atoms with van der Waals surface area (Å²) in [4.78, 5) is 2.96. The van der Waals surface area contributed by atoms with Crippen LogP contribution in [0.25, 0.3) is 0 Å². The summed E-state index contributed by atoms with van der Waals surface area (Å²) in [6.45, 7) is 8.06. The summed E-state index contributed by atoms with van der Waals surface area (Å²) in [5.41, 5.74) is 0.261. The minimum absolute atomic E-state index is 0.261. The van der Waals surface area contributed by atoms with Crippen LogP contribution in [-0.4, -0.2) is 6.54 Å². The highest BCUT2D eigenvalue weighted by Gasteiger charge is 2.37. The van der Waals surface area contributed by atoms with Crippen LogP contribution in [0.5, 0.6) is 0 Å². The van der Waals surface area contributed by atoms with Gasteiger partial charge in [0.25, 0.3) is 0 Å². The van der Waals surface area contributed by atoms with E-state index in [1.807, 2.05) is 11.3 Å². The third kappa shape index (κ3) is 1.98. The van der Waals surface area contributed by atoms with Gasteiger partial charge in [0.15, 0.2) is 0 Å². The van der Waals surface area contributed by atoms with Crippen molar-refractivity contribution < 1.29 is 0 Å². The maximum atomic E-state index is 3.77. The molecule has 1 saturated heterocycles. The molecule has 15 heavy (non-hydrogen) atoms. The zero-order chi connectivity index (χ0) is 10.9. The van der Waals surface area contributed by atoms with Crippen LogP contribution < -0.4 is 5.32 Å². The highest BCUT2D eigenvalue weighted by Crippen LogP contribution is 2.40. The van der Waals surface area contributed by atoms with Crippen molar-refractivity contribution in [3.8, 4) is 0 Å². The Morgan fingerprint density at radius 1 is 1.33 bits per heavy atom. The summed E-state index contributed by atoms with van der Waals surface area (Å²) in [5, 5.41) is 3.77. The van der Waals surface area contributed by atoms with E-state index in [0.717, 1.165) is 0 Å². The Morgan fingerprint density at radius 3 is 2.60 bits per heavy atom. The molecule has 1 aromatic heterocycles. The van der Waals surface area contributed by atoms with Gasteiger partial charge in [-0.3, -0.25) is 0 Å². The first-order valence-corrected chi connectivity index (χ1v) is 6.79. The Hall–Kier alpha value is -0.340. The number of aryl methyl sites for hydroxylation is 1. The quantitative estimate of drug-likeness (QED) is 0.806. The molecule has 1 aliphatic rings. The molecular formula is C13H21NS. The minimum atomic E-state index is 0.261. The van der Waals surface area contributed by atoms with E-state index in [2.05, 4.69) is 38.2 Å². The molecule has 84 valence electrons. The van der Waals surface area contributed by atoms with Crippen molar-refractivity contribution >= 4 is 11.3 Å². The van der Waals surface area contributed by atoms with Crippen LogP contribution in [0.2, 0.25) is 0 Å². The zero-order valence-corrected chi connectivity index (χ0v) is 10.8.